The smallest absolute Gasteiger partial charge is 0.397 e. The average Bonchev–Trinajstić information content (AvgIpc) is 1.54. The number of carbonyl (C=O) groups excluding carboxylic acids is 3. The van der Waals surface area contributed by atoms with Gasteiger partial charge in [0.15, 0.2) is 25.2 Å². The molecule has 5 heterocycles. The van der Waals surface area contributed by atoms with E-state index in [1.165, 1.54) is 6.92 Å². The lowest BCUT2D eigenvalue weighted by molar-refractivity contribution is -0.389. The van der Waals surface area contributed by atoms with Gasteiger partial charge in [-0.15, -0.1) is 0 Å². The number of aliphatic hydroxyl groups excluding tert-OH is 7. The second-order valence-electron chi connectivity index (χ2n) is 26.8. The van der Waals surface area contributed by atoms with Crippen LogP contribution in [0.2, 0.25) is 0 Å². The molecule has 0 aromatic heterocycles. The molecular weight excluding hydrogens is 1260 g/mol. The second kappa shape index (κ2) is 25.6. The molecular formula is C54H84O32S3. The largest absolute Gasteiger partial charge is 0.458 e. The maximum Gasteiger partial charge on any atom is 0.397 e. The van der Waals surface area contributed by atoms with Gasteiger partial charge in [0.2, 0.25) is 0 Å². The Morgan fingerprint density at radius 1 is 0.674 bits per heavy atom. The molecule has 4 aliphatic carbocycles. The van der Waals surface area contributed by atoms with Crippen molar-refractivity contribution in [3.8, 4) is 0 Å². The van der Waals surface area contributed by atoms with Gasteiger partial charge in [0.05, 0.1) is 43.4 Å². The molecule has 89 heavy (non-hydrogen) atoms. The molecule has 0 bridgehead atoms. The number of cyclic esters (lactones) is 1. The lowest BCUT2D eigenvalue weighted by atomic mass is 9.41. The fraction of sp³-hybridized carbons (Fsp3) is 0.907. The van der Waals surface area contributed by atoms with Crippen molar-refractivity contribution in [2.75, 3.05) is 26.9 Å². The lowest BCUT2D eigenvalue weighted by Crippen LogP contribution is -2.67. The van der Waals surface area contributed by atoms with Crippen LogP contribution >= 0.6 is 0 Å². The standard InChI is InChI=1S/C54H84O32S3/c1-22(2)16-24(55)17-53(8)44-27(56)18-52(7)26-10-11-31-50(4,5)32(13-14-51(31,6)25(26)12-15-54(44,52)49(64)85-53)81-48-43(35(59)30(19-75-48)86-89(71,72)73)84-45-37(61)36(60)40(23(3)78-45)82-47-39(63)42(34(58)29(80-47)21-77-88(68,69)70)83-46-38(62)41(74-9)33(57)28(79-46)20-76-87(65,66)67/h10,22-23,25,28-48,57-63H,11-21H2,1-9H3,(H,65,66,67)(H,68,69,70)(H,71,72,73)/t23-,25-,28-,29-,30-,31+,32+,33-,34-,35+,36-,37-,38-,39-,40-,41+,42+,43-,44-,45+,46+,47+,48+,51-,52+,53+,54-/m1/s1. The van der Waals surface area contributed by atoms with E-state index in [1.54, 1.807) is 6.92 Å². The molecule has 10 N–H and O–H groups in total. The first-order chi connectivity index (χ1) is 41.1. The Morgan fingerprint density at radius 3 is 1.81 bits per heavy atom. The van der Waals surface area contributed by atoms with E-state index in [2.05, 4.69) is 21.4 Å². The number of carbonyl (C=O) groups is 3. The SMILES string of the molecule is CO[C@@H]1[C@@H](O)[C@H](O[C@@H]2[C@@H](O)[C@H](O[C@H]3[C@H](O)[C@@H](O)[C@H](O[C@H]4[C@H](O[C@H]5CC[C@]6(C)[C@@H]7CC[C@]89C(=O)O[C@@](C)(CC(=O)CC(C)C)[C@H]8C(=O)C[C@@]9(C)C7=CC[C@H]6C5(C)C)OC[C@@H](OS(=O)(=O)O)[C@@H]4O)O[C@@H]3C)O[C@H](COS(=O)(=O)O)[C@H]2O)O[C@H](COS(=O)(=O)O)[C@H]1O. The number of hydrogen-bond donors (Lipinski definition) is 10. The minimum Gasteiger partial charge on any atom is -0.458 e. The maximum atomic E-state index is 14.4. The zero-order valence-corrected chi connectivity index (χ0v) is 52.8. The first kappa shape index (κ1) is 70.8. The van der Waals surface area contributed by atoms with Gasteiger partial charge in [0.25, 0.3) is 0 Å². The van der Waals surface area contributed by atoms with Crippen LogP contribution in [0.1, 0.15) is 107 Å². The summed E-state index contributed by atoms with van der Waals surface area (Å²) in [6, 6.07) is 0. The molecule has 32 nitrogen and oxygen atoms in total. The summed E-state index contributed by atoms with van der Waals surface area (Å²) in [7, 11) is -14.6. The van der Waals surface area contributed by atoms with Crippen molar-refractivity contribution < 1.29 is 149 Å². The zero-order chi connectivity index (χ0) is 65.8. The van der Waals surface area contributed by atoms with Gasteiger partial charge in [-0.05, 0) is 74.5 Å². The van der Waals surface area contributed by atoms with Crippen LogP contribution in [0.4, 0.5) is 0 Å². The van der Waals surface area contributed by atoms with Crippen LogP contribution in [-0.2, 0) is 105 Å². The van der Waals surface area contributed by atoms with Crippen LogP contribution < -0.4 is 0 Å². The minimum atomic E-state index is -5.26. The van der Waals surface area contributed by atoms with Crippen molar-refractivity contribution in [1.82, 2.24) is 0 Å². The summed E-state index contributed by atoms with van der Waals surface area (Å²) in [4.78, 5) is 42.0. The van der Waals surface area contributed by atoms with E-state index < -0.39 is 213 Å². The Hall–Kier alpha value is -2.48. The Bertz CT molecular complexity index is 3000. The highest BCUT2D eigenvalue weighted by Gasteiger charge is 2.79. The number of Topliss-reactive ketones (excluding diaryl/α,β-unsaturated/α-hetero) is 2. The summed E-state index contributed by atoms with van der Waals surface area (Å²) in [5, 5.41) is 80.2. The van der Waals surface area contributed by atoms with Gasteiger partial charge < -0.3 is 83.1 Å². The number of fused-ring (bicyclic) bond motifs is 4. The van der Waals surface area contributed by atoms with Gasteiger partial charge in [0.1, 0.15) is 103 Å². The number of ketones is 2. The topological polar surface area (TPSA) is 476 Å². The summed E-state index contributed by atoms with van der Waals surface area (Å²) in [6.07, 6.45) is -32.8. The third-order valence-electron chi connectivity index (χ3n) is 20.4. The van der Waals surface area contributed by atoms with Crippen molar-refractivity contribution in [1.29, 1.82) is 0 Å². The molecule has 35 heteroatoms. The Morgan fingerprint density at radius 2 is 1.24 bits per heavy atom. The molecule has 9 aliphatic rings. The Labute approximate surface area is 514 Å². The number of methoxy groups -OCH3 is 1. The first-order valence-corrected chi connectivity index (χ1v) is 33.6. The third kappa shape index (κ3) is 13.5. The number of rotatable bonds is 21. The van der Waals surface area contributed by atoms with Crippen LogP contribution in [0.3, 0.4) is 0 Å². The fourth-order valence-corrected chi connectivity index (χ4v) is 17.5. The van der Waals surface area contributed by atoms with E-state index in [1.807, 2.05) is 34.6 Å². The van der Waals surface area contributed by atoms with Gasteiger partial charge in [-0.3, -0.25) is 28.0 Å². The molecule has 5 aliphatic heterocycles. The lowest BCUT2D eigenvalue weighted by Gasteiger charge is -2.63. The van der Waals surface area contributed by atoms with E-state index in [0.29, 0.717) is 32.1 Å². The highest BCUT2D eigenvalue weighted by Crippen LogP contribution is 2.75. The van der Waals surface area contributed by atoms with Gasteiger partial charge in [-0.25, -0.2) is 12.5 Å². The van der Waals surface area contributed by atoms with Crippen molar-refractivity contribution in [2.45, 2.75) is 235 Å². The molecule has 0 aromatic carbocycles. The van der Waals surface area contributed by atoms with Crippen molar-refractivity contribution in [3.05, 3.63) is 11.6 Å². The summed E-state index contributed by atoms with van der Waals surface area (Å²) >= 11 is 0. The third-order valence-corrected chi connectivity index (χ3v) is 21.8. The van der Waals surface area contributed by atoms with Crippen molar-refractivity contribution in [2.24, 2.45) is 45.3 Å². The van der Waals surface area contributed by atoms with Crippen molar-refractivity contribution >= 4 is 48.7 Å². The maximum absolute atomic E-state index is 14.4. The molecule has 8 fully saturated rings. The van der Waals surface area contributed by atoms with Crippen LogP contribution in [0, 0.1) is 45.3 Å². The predicted molar refractivity (Wildman–Crippen MR) is 292 cm³/mol. The van der Waals surface area contributed by atoms with Gasteiger partial charge in [-0.2, -0.15) is 25.3 Å². The average molecular weight is 1340 g/mol. The molecule has 1 spiro atoms. The Balaban J connectivity index is 0.918. The van der Waals surface area contributed by atoms with E-state index >= 15 is 0 Å². The highest BCUT2D eigenvalue weighted by molar-refractivity contribution is 7.81. The molecule has 5 saturated heterocycles. The van der Waals surface area contributed by atoms with E-state index in [9.17, 15) is 84.5 Å². The van der Waals surface area contributed by atoms with Crippen LogP contribution in [0.15, 0.2) is 11.6 Å². The van der Waals surface area contributed by atoms with Crippen molar-refractivity contribution in [3.63, 3.8) is 0 Å². The predicted octanol–water partition coefficient (Wildman–Crippen LogP) is -1.47. The van der Waals surface area contributed by atoms with Crippen LogP contribution in [0.5, 0.6) is 0 Å². The first-order valence-electron chi connectivity index (χ1n) is 29.5. The second-order valence-corrected chi connectivity index (χ2v) is 30.1. The number of ether oxygens (including phenoxy) is 10. The van der Waals surface area contributed by atoms with E-state index in [4.69, 9.17) is 56.1 Å². The molecule has 27 atom stereocenters. The molecule has 3 saturated carbocycles. The molecule has 9 rings (SSSR count). The summed E-state index contributed by atoms with van der Waals surface area (Å²) in [6.45, 7) is 12.0. The molecule has 0 unspecified atom stereocenters. The van der Waals surface area contributed by atoms with Crippen LogP contribution in [0.25, 0.3) is 0 Å². The molecule has 0 radical (unpaired) electrons. The monoisotopic (exact) mass is 1340 g/mol. The van der Waals surface area contributed by atoms with Gasteiger partial charge in [0, 0.05) is 31.8 Å². The summed E-state index contributed by atoms with van der Waals surface area (Å²) in [5.74, 6) is -1.57. The normalized spacial score (nSPS) is 46.7. The number of esters is 1. The quantitative estimate of drug-likeness (QED) is 0.0356. The highest BCUT2D eigenvalue weighted by atomic mass is 32.3. The van der Waals surface area contributed by atoms with E-state index in [0.717, 1.165) is 12.7 Å². The summed E-state index contributed by atoms with van der Waals surface area (Å²) < 4.78 is 171. The fourth-order valence-electron chi connectivity index (χ4n) is 16.5. The number of allylic oxidation sites excluding steroid dienone is 2. The molecule has 0 aromatic rings. The van der Waals surface area contributed by atoms with Gasteiger partial charge in [-0.1, -0.05) is 53.2 Å². The molecule has 0 amide bonds. The summed E-state index contributed by atoms with van der Waals surface area (Å²) in [5.41, 5.74) is -3.48. The number of hydrogen-bond acceptors (Lipinski definition) is 29. The number of aliphatic hydroxyl groups is 7. The zero-order valence-electron chi connectivity index (χ0n) is 50.4. The van der Waals surface area contributed by atoms with E-state index in [-0.39, 0.29) is 48.6 Å². The Kier molecular flexibility index (Phi) is 20.4. The minimum absolute atomic E-state index is 0.0561. The van der Waals surface area contributed by atoms with Gasteiger partial charge >= 0.3 is 37.2 Å². The van der Waals surface area contributed by atoms with Crippen LogP contribution in [-0.4, -0.2) is 248 Å². The molecule has 510 valence electrons.